The number of benzene rings is 1. The lowest BCUT2D eigenvalue weighted by Crippen LogP contribution is -2.44. The molecule has 0 spiro atoms. The van der Waals surface area contributed by atoms with E-state index in [0.29, 0.717) is 47.7 Å². The Kier molecular flexibility index (Phi) is 4.96. The molecule has 162 valence electrons. The summed E-state index contributed by atoms with van der Waals surface area (Å²) in [5, 5.41) is 0.508. The second kappa shape index (κ2) is 7.12. The summed E-state index contributed by atoms with van der Waals surface area (Å²) in [5.74, 6) is 1.12. The third-order valence-electron chi connectivity index (χ3n) is 7.52. The van der Waals surface area contributed by atoms with E-state index in [0.717, 1.165) is 12.8 Å². The molecule has 6 nitrogen and oxygen atoms in total. The molecule has 0 amide bonds. The van der Waals surface area contributed by atoms with E-state index >= 15 is 0 Å². The zero-order chi connectivity index (χ0) is 21.7. The first-order chi connectivity index (χ1) is 14.2. The highest BCUT2D eigenvalue weighted by Crippen LogP contribution is 2.65. The first-order valence-corrected chi connectivity index (χ1v) is 10.7. The van der Waals surface area contributed by atoms with Gasteiger partial charge in [0.2, 0.25) is 0 Å². The van der Waals surface area contributed by atoms with Crippen molar-refractivity contribution in [2.45, 2.75) is 66.1 Å². The van der Waals surface area contributed by atoms with Crippen LogP contribution < -0.4 is 10.2 Å². The van der Waals surface area contributed by atoms with Gasteiger partial charge in [0.25, 0.3) is 0 Å². The van der Waals surface area contributed by atoms with Crippen LogP contribution in [0.1, 0.15) is 58.8 Å². The first-order valence-electron chi connectivity index (χ1n) is 10.7. The number of rotatable bonds is 7. The zero-order valence-corrected chi connectivity index (χ0v) is 18.4. The maximum atomic E-state index is 12.5. The number of fused-ring (bicyclic) bond motifs is 3. The average Bonchev–Trinajstić information content (AvgIpc) is 2.99. The molecular weight excluding hydrogens is 384 g/mol. The molecule has 2 aromatic rings. The Morgan fingerprint density at radius 2 is 1.87 bits per heavy atom. The zero-order valence-electron chi connectivity index (χ0n) is 18.4. The molecule has 0 radical (unpaired) electrons. The monoisotopic (exact) mass is 414 g/mol. The maximum Gasteiger partial charge on any atom is 0.313 e. The van der Waals surface area contributed by atoms with Crippen LogP contribution in [-0.4, -0.2) is 24.8 Å². The molecule has 4 rings (SSSR count). The molecule has 6 heteroatoms. The van der Waals surface area contributed by atoms with Gasteiger partial charge in [-0.1, -0.05) is 20.8 Å². The summed E-state index contributed by atoms with van der Waals surface area (Å²) in [6.07, 6.45) is 2.21. The number of ether oxygens (including phenoxy) is 3. The summed E-state index contributed by atoms with van der Waals surface area (Å²) < 4.78 is 23.8. The highest BCUT2D eigenvalue weighted by Gasteiger charge is 2.72. The molecule has 1 aromatic heterocycles. The van der Waals surface area contributed by atoms with Crippen molar-refractivity contribution in [3.05, 3.63) is 39.7 Å². The topological polar surface area (TPSA) is 75.0 Å². The first kappa shape index (κ1) is 20.9. The molecule has 1 saturated heterocycles. The Morgan fingerprint density at radius 3 is 2.47 bits per heavy atom. The highest BCUT2D eigenvalue weighted by atomic mass is 16.6. The minimum atomic E-state index is -0.634. The Bertz CT molecular complexity index is 1050. The van der Waals surface area contributed by atoms with Crippen LogP contribution in [0.3, 0.4) is 0 Å². The summed E-state index contributed by atoms with van der Waals surface area (Å²) in [6.45, 7) is 11.0. The molecule has 2 atom stereocenters. The second-order valence-electron chi connectivity index (χ2n) is 9.12. The molecular formula is C24H30O6. The van der Waals surface area contributed by atoms with Gasteiger partial charge in [-0.25, -0.2) is 0 Å². The van der Waals surface area contributed by atoms with Crippen LogP contribution in [0.25, 0.3) is 11.0 Å². The predicted octanol–water partition coefficient (Wildman–Crippen LogP) is 4.39. The van der Waals surface area contributed by atoms with E-state index in [1.807, 2.05) is 20.8 Å². The van der Waals surface area contributed by atoms with Gasteiger partial charge in [0, 0.05) is 17.9 Å². The van der Waals surface area contributed by atoms with Crippen molar-refractivity contribution in [2.75, 3.05) is 13.2 Å². The highest BCUT2D eigenvalue weighted by molar-refractivity contribution is 5.83. The van der Waals surface area contributed by atoms with Crippen molar-refractivity contribution in [1.29, 1.82) is 0 Å². The molecule has 2 bridgehead atoms. The van der Waals surface area contributed by atoms with Crippen molar-refractivity contribution < 1.29 is 23.4 Å². The molecule has 1 aromatic carbocycles. The molecule has 1 saturated carbocycles. The van der Waals surface area contributed by atoms with Gasteiger partial charge in [-0.3, -0.25) is 9.59 Å². The Balaban J connectivity index is 1.66. The van der Waals surface area contributed by atoms with E-state index in [4.69, 9.17) is 18.6 Å². The Morgan fingerprint density at radius 1 is 1.10 bits per heavy atom. The Labute approximate surface area is 176 Å². The predicted molar refractivity (Wildman–Crippen MR) is 113 cm³/mol. The summed E-state index contributed by atoms with van der Waals surface area (Å²) >= 11 is 0. The van der Waals surface area contributed by atoms with E-state index < -0.39 is 11.0 Å². The largest absolute Gasteiger partial charge is 0.493 e. The van der Waals surface area contributed by atoms with Crippen molar-refractivity contribution in [3.63, 3.8) is 0 Å². The molecule has 2 aliphatic rings. The standard InChI is InChI=1S/C24H30O6/c1-6-15-12-18(25)16-8-9-19(28-7-2)17(20(16)29-15)13-27-14-24-11-10-23(5,21(26)30-24)22(24,3)4/h8-9,12H,6-7,10-11,13-14H2,1-5H3/t23-,24+/m0/s1. The summed E-state index contributed by atoms with van der Waals surface area (Å²) in [6, 6.07) is 5.06. The SMILES string of the molecule is CCOc1ccc2c(=O)cc(CC)oc2c1COC[C@@]12CC[C@@](C)(C(=O)O1)C2(C)C. The number of hydrogen-bond donors (Lipinski definition) is 0. The number of hydrogen-bond acceptors (Lipinski definition) is 6. The fourth-order valence-electron chi connectivity index (χ4n) is 4.91. The van der Waals surface area contributed by atoms with Gasteiger partial charge in [-0.05, 0) is 38.8 Å². The van der Waals surface area contributed by atoms with Gasteiger partial charge in [0.15, 0.2) is 5.43 Å². The van der Waals surface area contributed by atoms with Gasteiger partial charge in [-0.2, -0.15) is 0 Å². The van der Waals surface area contributed by atoms with Gasteiger partial charge >= 0.3 is 5.97 Å². The van der Waals surface area contributed by atoms with Crippen molar-refractivity contribution in [2.24, 2.45) is 10.8 Å². The van der Waals surface area contributed by atoms with E-state index in [1.54, 1.807) is 12.1 Å². The smallest absolute Gasteiger partial charge is 0.313 e. The van der Waals surface area contributed by atoms with Gasteiger partial charge in [0.05, 0.1) is 36.2 Å². The normalized spacial score (nSPS) is 26.9. The lowest BCUT2D eigenvalue weighted by molar-refractivity contribution is -0.166. The summed E-state index contributed by atoms with van der Waals surface area (Å²) in [4.78, 5) is 25.0. The minimum absolute atomic E-state index is 0.0755. The molecule has 1 aliphatic heterocycles. The van der Waals surface area contributed by atoms with Crippen LogP contribution in [0.4, 0.5) is 0 Å². The van der Waals surface area contributed by atoms with Crippen LogP contribution in [0.15, 0.2) is 27.4 Å². The molecule has 0 N–H and O–H groups in total. The van der Waals surface area contributed by atoms with E-state index in [1.165, 1.54) is 6.07 Å². The summed E-state index contributed by atoms with van der Waals surface area (Å²) in [5.41, 5.74) is -0.295. The molecule has 2 heterocycles. The molecule has 1 aliphatic carbocycles. The van der Waals surface area contributed by atoms with Gasteiger partial charge in [-0.15, -0.1) is 0 Å². The fraction of sp³-hybridized carbons (Fsp3) is 0.583. The third kappa shape index (κ3) is 2.80. The van der Waals surface area contributed by atoms with E-state index in [2.05, 4.69) is 13.8 Å². The molecule has 2 fully saturated rings. The van der Waals surface area contributed by atoms with E-state index in [-0.39, 0.29) is 23.4 Å². The number of esters is 1. The van der Waals surface area contributed by atoms with Crippen LogP contribution >= 0.6 is 0 Å². The van der Waals surface area contributed by atoms with Crippen LogP contribution in [-0.2, 0) is 27.3 Å². The maximum absolute atomic E-state index is 12.5. The van der Waals surface area contributed by atoms with Crippen molar-refractivity contribution in [3.8, 4) is 5.75 Å². The van der Waals surface area contributed by atoms with E-state index in [9.17, 15) is 9.59 Å². The fourth-order valence-corrected chi connectivity index (χ4v) is 4.91. The van der Waals surface area contributed by atoms with Gasteiger partial charge < -0.3 is 18.6 Å². The Hall–Kier alpha value is -2.34. The van der Waals surface area contributed by atoms with Gasteiger partial charge in [0.1, 0.15) is 22.7 Å². The van der Waals surface area contributed by atoms with Crippen LogP contribution in [0, 0.1) is 10.8 Å². The van der Waals surface area contributed by atoms with Crippen LogP contribution in [0.2, 0.25) is 0 Å². The van der Waals surface area contributed by atoms with Crippen LogP contribution in [0.5, 0.6) is 5.75 Å². The van der Waals surface area contributed by atoms with Crippen molar-refractivity contribution in [1.82, 2.24) is 0 Å². The summed E-state index contributed by atoms with van der Waals surface area (Å²) in [7, 11) is 0. The lowest BCUT2D eigenvalue weighted by Gasteiger charge is -2.36. The second-order valence-corrected chi connectivity index (χ2v) is 9.12. The van der Waals surface area contributed by atoms with Crippen molar-refractivity contribution >= 4 is 16.9 Å². The average molecular weight is 414 g/mol. The number of carbonyl (C=O) groups is 1. The number of aryl methyl sites for hydroxylation is 1. The molecule has 0 unspecified atom stereocenters. The number of carbonyl (C=O) groups excluding carboxylic acids is 1. The third-order valence-corrected chi connectivity index (χ3v) is 7.52. The lowest BCUT2D eigenvalue weighted by atomic mass is 9.66. The minimum Gasteiger partial charge on any atom is -0.493 e. The quantitative estimate of drug-likeness (QED) is 0.626. The molecule has 30 heavy (non-hydrogen) atoms.